The van der Waals surface area contributed by atoms with Crippen LogP contribution in [0.15, 0.2) is 36.5 Å². The van der Waals surface area contributed by atoms with E-state index >= 15 is 0 Å². The van der Waals surface area contributed by atoms with Gasteiger partial charge < -0.3 is 10.2 Å². The van der Waals surface area contributed by atoms with Gasteiger partial charge in [-0.1, -0.05) is 25.1 Å². The SMILES string of the molecule is CCc1ncc(C(=O)NCCN2CCN(c3ccccc3)CC2)s1. The van der Waals surface area contributed by atoms with E-state index in [1.54, 1.807) is 6.20 Å². The van der Waals surface area contributed by atoms with Crippen LogP contribution < -0.4 is 10.2 Å². The predicted octanol–water partition coefficient (Wildman–Crippen LogP) is 2.26. The number of para-hydroxylation sites is 1. The number of hydrogen-bond donors (Lipinski definition) is 1. The maximum Gasteiger partial charge on any atom is 0.263 e. The van der Waals surface area contributed by atoms with Gasteiger partial charge in [-0.25, -0.2) is 4.98 Å². The van der Waals surface area contributed by atoms with Crippen LogP contribution in [0.4, 0.5) is 5.69 Å². The standard InChI is InChI=1S/C18H24N4OS/c1-2-17-20-14-16(24-17)18(23)19-8-9-21-10-12-22(13-11-21)15-6-4-3-5-7-15/h3-7,14H,2,8-13H2,1H3,(H,19,23). The number of carbonyl (C=O) groups excluding carboxylic acids is 1. The van der Waals surface area contributed by atoms with E-state index in [0.29, 0.717) is 11.4 Å². The van der Waals surface area contributed by atoms with Gasteiger partial charge >= 0.3 is 0 Å². The molecule has 1 aliphatic heterocycles. The Bertz CT molecular complexity index is 650. The van der Waals surface area contributed by atoms with Crippen molar-refractivity contribution in [3.63, 3.8) is 0 Å². The summed E-state index contributed by atoms with van der Waals surface area (Å²) in [5.74, 6) is -0.00452. The molecule has 24 heavy (non-hydrogen) atoms. The molecule has 0 radical (unpaired) electrons. The summed E-state index contributed by atoms with van der Waals surface area (Å²) in [6.45, 7) is 7.77. The van der Waals surface area contributed by atoms with E-state index in [0.717, 1.165) is 44.2 Å². The average molecular weight is 344 g/mol. The molecule has 128 valence electrons. The van der Waals surface area contributed by atoms with E-state index in [1.165, 1.54) is 17.0 Å². The third-order valence-electron chi connectivity index (χ3n) is 4.29. The van der Waals surface area contributed by atoms with Crippen molar-refractivity contribution in [1.82, 2.24) is 15.2 Å². The Kier molecular flexibility index (Phi) is 5.82. The zero-order valence-electron chi connectivity index (χ0n) is 14.1. The number of piperazine rings is 1. The second-order valence-corrected chi connectivity index (χ2v) is 7.01. The van der Waals surface area contributed by atoms with Gasteiger partial charge in [-0.15, -0.1) is 11.3 Å². The lowest BCUT2D eigenvalue weighted by molar-refractivity contribution is 0.0951. The number of hydrogen-bond acceptors (Lipinski definition) is 5. The van der Waals surface area contributed by atoms with Gasteiger partial charge in [0.05, 0.1) is 11.2 Å². The third kappa shape index (κ3) is 4.33. The first-order valence-electron chi connectivity index (χ1n) is 8.51. The lowest BCUT2D eigenvalue weighted by Gasteiger charge is -2.36. The van der Waals surface area contributed by atoms with Gasteiger partial charge in [0.2, 0.25) is 0 Å². The number of thiazole rings is 1. The number of aryl methyl sites for hydroxylation is 1. The van der Waals surface area contributed by atoms with Crippen LogP contribution in [-0.4, -0.2) is 55.1 Å². The summed E-state index contributed by atoms with van der Waals surface area (Å²) in [7, 11) is 0. The van der Waals surface area contributed by atoms with Crippen LogP contribution in [0.25, 0.3) is 0 Å². The van der Waals surface area contributed by atoms with Crippen molar-refractivity contribution in [1.29, 1.82) is 0 Å². The van der Waals surface area contributed by atoms with Crippen molar-refractivity contribution in [2.45, 2.75) is 13.3 Å². The highest BCUT2D eigenvalue weighted by molar-refractivity contribution is 7.13. The molecule has 0 atom stereocenters. The summed E-state index contributed by atoms with van der Waals surface area (Å²) < 4.78 is 0. The molecule has 0 bridgehead atoms. The molecule has 1 N–H and O–H groups in total. The Labute approximate surface area is 147 Å². The molecular formula is C18H24N4OS. The molecule has 1 aliphatic rings. The van der Waals surface area contributed by atoms with Crippen molar-refractivity contribution < 1.29 is 4.79 Å². The van der Waals surface area contributed by atoms with Crippen LogP contribution in [0.2, 0.25) is 0 Å². The number of nitrogens with zero attached hydrogens (tertiary/aromatic N) is 3. The molecular weight excluding hydrogens is 320 g/mol. The minimum atomic E-state index is -0.00452. The molecule has 2 heterocycles. The second-order valence-electron chi connectivity index (χ2n) is 5.89. The Morgan fingerprint density at radius 3 is 2.62 bits per heavy atom. The zero-order chi connectivity index (χ0) is 16.8. The van der Waals surface area contributed by atoms with Gasteiger partial charge in [0.15, 0.2) is 0 Å². The van der Waals surface area contributed by atoms with Gasteiger partial charge in [0.25, 0.3) is 5.91 Å². The molecule has 2 aromatic rings. The molecule has 5 nitrogen and oxygen atoms in total. The summed E-state index contributed by atoms with van der Waals surface area (Å²) in [5.41, 5.74) is 1.29. The molecule has 6 heteroatoms. The monoisotopic (exact) mass is 344 g/mol. The van der Waals surface area contributed by atoms with E-state index in [9.17, 15) is 4.79 Å². The summed E-state index contributed by atoms with van der Waals surface area (Å²) in [4.78, 5) is 21.8. The average Bonchev–Trinajstić information content (AvgIpc) is 3.12. The molecule has 1 fully saturated rings. The van der Waals surface area contributed by atoms with Crippen molar-refractivity contribution in [3.05, 3.63) is 46.4 Å². The predicted molar refractivity (Wildman–Crippen MR) is 98.9 cm³/mol. The van der Waals surface area contributed by atoms with E-state index < -0.39 is 0 Å². The number of nitrogens with one attached hydrogen (secondary N) is 1. The summed E-state index contributed by atoms with van der Waals surface area (Å²) >= 11 is 1.48. The molecule has 1 saturated heterocycles. The molecule has 1 aromatic heterocycles. The highest BCUT2D eigenvalue weighted by Crippen LogP contribution is 2.15. The first-order valence-corrected chi connectivity index (χ1v) is 9.33. The van der Waals surface area contributed by atoms with Crippen LogP contribution in [0.1, 0.15) is 21.6 Å². The largest absolute Gasteiger partial charge is 0.369 e. The number of carbonyl (C=O) groups is 1. The van der Waals surface area contributed by atoms with E-state index in [1.807, 2.05) is 0 Å². The maximum atomic E-state index is 12.1. The smallest absolute Gasteiger partial charge is 0.263 e. The quantitative estimate of drug-likeness (QED) is 0.873. The van der Waals surface area contributed by atoms with Gasteiger partial charge in [0, 0.05) is 45.0 Å². The van der Waals surface area contributed by atoms with Gasteiger partial charge in [0.1, 0.15) is 4.88 Å². The first-order chi connectivity index (χ1) is 11.8. The van der Waals surface area contributed by atoms with Crippen LogP contribution in [0.5, 0.6) is 0 Å². The minimum Gasteiger partial charge on any atom is -0.369 e. The number of aromatic nitrogens is 1. The number of amides is 1. The number of anilines is 1. The molecule has 0 unspecified atom stereocenters. The summed E-state index contributed by atoms with van der Waals surface area (Å²) in [6.07, 6.45) is 2.56. The minimum absolute atomic E-state index is 0.00452. The highest BCUT2D eigenvalue weighted by atomic mass is 32.1. The Balaban J connectivity index is 1.38. The van der Waals surface area contributed by atoms with E-state index in [2.05, 4.69) is 57.4 Å². The summed E-state index contributed by atoms with van der Waals surface area (Å²) in [5, 5.41) is 4.01. The van der Waals surface area contributed by atoms with Gasteiger partial charge in [-0.05, 0) is 18.6 Å². The fraction of sp³-hybridized carbons (Fsp3) is 0.444. The topological polar surface area (TPSA) is 48.5 Å². The second kappa shape index (κ2) is 8.26. The Morgan fingerprint density at radius 1 is 1.21 bits per heavy atom. The van der Waals surface area contributed by atoms with Crippen molar-refractivity contribution in [2.24, 2.45) is 0 Å². The molecule has 1 aromatic carbocycles. The fourth-order valence-corrected chi connectivity index (χ4v) is 3.64. The molecule has 0 saturated carbocycles. The lowest BCUT2D eigenvalue weighted by atomic mass is 10.2. The van der Waals surface area contributed by atoms with E-state index in [4.69, 9.17) is 0 Å². The highest BCUT2D eigenvalue weighted by Gasteiger charge is 2.17. The van der Waals surface area contributed by atoms with Crippen molar-refractivity contribution in [3.8, 4) is 0 Å². The maximum absolute atomic E-state index is 12.1. The lowest BCUT2D eigenvalue weighted by Crippen LogP contribution is -2.48. The van der Waals surface area contributed by atoms with Gasteiger partial charge in [-0.3, -0.25) is 9.69 Å². The van der Waals surface area contributed by atoms with Crippen LogP contribution in [-0.2, 0) is 6.42 Å². The molecule has 0 spiro atoms. The van der Waals surface area contributed by atoms with Crippen LogP contribution in [0, 0.1) is 0 Å². The van der Waals surface area contributed by atoms with E-state index in [-0.39, 0.29) is 5.91 Å². The first kappa shape index (κ1) is 16.9. The number of benzene rings is 1. The molecule has 3 rings (SSSR count). The summed E-state index contributed by atoms with van der Waals surface area (Å²) in [6, 6.07) is 10.5. The fourth-order valence-electron chi connectivity index (χ4n) is 2.86. The van der Waals surface area contributed by atoms with Crippen LogP contribution in [0.3, 0.4) is 0 Å². The Hall–Kier alpha value is -1.92. The van der Waals surface area contributed by atoms with Gasteiger partial charge in [-0.2, -0.15) is 0 Å². The van der Waals surface area contributed by atoms with Crippen molar-refractivity contribution >= 4 is 22.9 Å². The zero-order valence-corrected chi connectivity index (χ0v) is 14.9. The molecule has 0 aliphatic carbocycles. The van der Waals surface area contributed by atoms with Crippen LogP contribution >= 0.6 is 11.3 Å². The third-order valence-corrected chi connectivity index (χ3v) is 5.43. The number of rotatable bonds is 6. The Morgan fingerprint density at radius 2 is 1.96 bits per heavy atom. The van der Waals surface area contributed by atoms with Crippen molar-refractivity contribution in [2.75, 3.05) is 44.2 Å². The normalized spacial score (nSPS) is 15.5. The molecule has 1 amide bonds.